The number of hydrogen-bond acceptors (Lipinski definition) is 1. The Kier molecular flexibility index (Phi) is 2.86. The third kappa shape index (κ3) is 4.01. The van der Waals surface area contributed by atoms with Gasteiger partial charge in [-0.05, 0) is 41.6 Å². The highest BCUT2D eigenvalue weighted by Gasteiger charge is 2.30. The summed E-state index contributed by atoms with van der Waals surface area (Å²) < 4.78 is 24.4. The molecule has 66 valence electrons. The SMILES string of the molecule is CC(NCC(F)(F)Br)C1CC1. The lowest BCUT2D eigenvalue weighted by molar-refractivity contribution is 0.109. The molecule has 1 saturated carbocycles. The summed E-state index contributed by atoms with van der Waals surface area (Å²) in [6.07, 6.45) is 2.37. The van der Waals surface area contributed by atoms with E-state index in [0.717, 1.165) is 0 Å². The number of nitrogens with one attached hydrogen (secondary N) is 1. The van der Waals surface area contributed by atoms with Crippen LogP contribution in [0.5, 0.6) is 0 Å². The van der Waals surface area contributed by atoms with Crippen LogP contribution < -0.4 is 5.32 Å². The van der Waals surface area contributed by atoms with Crippen molar-refractivity contribution in [3.63, 3.8) is 0 Å². The minimum absolute atomic E-state index is 0.235. The van der Waals surface area contributed by atoms with Gasteiger partial charge in [0.1, 0.15) is 0 Å². The van der Waals surface area contributed by atoms with Gasteiger partial charge < -0.3 is 5.32 Å². The van der Waals surface area contributed by atoms with Crippen molar-refractivity contribution in [2.24, 2.45) is 5.92 Å². The van der Waals surface area contributed by atoms with Crippen LogP contribution in [0.2, 0.25) is 0 Å². The first-order valence-electron chi connectivity index (χ1n) is 3.79. The Balaban J connectivity index is 2.10. The molecular formula is C7H12BrF2N. The van der Waals surface area contributed by atoms with Crippen molar-refractivity contribution in [3.8, 4) is 0 Å². The van der Waals surface area contributed by atoms with Crippen molar-refractivity contribution in [2.75, 3.05) is 6.54 Å². The van der Waals surface area contributed by atoms with Crippen LogP contribution in [0.25, 0.3) is 0 Å². The standard InChI is InChI=1S/C7H12BrF2N/c1-5(6-2-3-6)11-4-7(8,9)10/h5-6,11H,2-4H2,1H3. The summed E-state index contributed by atoms with van der Waals surface area (Å²) in [6.45, 7) is 1.68. The van der Waals surface area contributed by atoms with Gasteiger partial charge in [-0.3, -0.25) is 0 Å². The second-order valence-electron chi connectivity index (χ2n) is 3.12. The highest BCUT2D eigenvalue weighted by Crippen LogP contribution is 2.32. The third-order valence-corrected chi connectivity index (χ3v) is 2.23. The van der Waals surface area contributed by atoms with Crippen molar-refractivity contribution in [1.29, 1.82) is 0 Å². The van der Waals surface area contributed by atoms with E-state index in [4.69, 9.17) is 0 Å². The number of hydrogen-bond donors (Lipinski definition) is 1. The Morgan fingerprint density at radius 2 is 2.18 bits per heavy atom. The van der Waals surface area contributed by atoms with Gasteiger partial charge in [-0.2, -0.15) is 8.78 Å². The lowest BCUT2D eigenvalue weighted by Crippen LogP contribution is -2.35. The molecule has 4 heteroatoms. The Morgan fingerprint density at radius 3 is 2.55 bits per heavy atom. The van der Waals surface area contributed by atoms with Gasteiger partial charge in [0.15, 0.2) is 0 Å². The van der Waals surface area contributed by atoms with Crippen molar-refractivity contribution in [1.82, 2.24) is 5.32 Å². The van der Waals surface area contributed by atoms with Crippen molar-refractivity contribution >= 4 is 15.9 Å². The fraction of sp³-hybridized carbons (Fsp3) is 1.00. The van der Waals surface area contributed by atoms with Gasteiger partial charge in [0.05, 0.1) is 6.54 Å². The van der Waals surface area contributed by atoms with Crippen LogP contribution in [-0.4, -0.2) is 17.4 Å². The minimum Gasteiger partial charge on any atom is -0.308 e. The summed E-state index contributed by atoms with van der Waals surface area (Å²) in [4.78, 5) is -2.75. The molecule has 0 amide bonds. The summed E-state index contributed by atoms with van der Waals surface area (Å²) in [5, 5.41) is 2.79. The molecule has 1 fully saturated rings. The van der Waals surface area contributed by atoms with Crippen molar-refractivity contribution in [2.45, 2.75) is 30.6 Å². The zero-order valence-corrected chi connectivity index (χ0v) is 8.00. The zero-order chi connectivity index (χ0) is 8.48. The van der Waals surface area contributed by atoms with E-state index in [1.165, 1.54) is 12.8 Å². The quantitative estimate of drug-likeness (QED) is 0.728. The van der Waals surface area contributed by atoms with Crippen LogP contribution in [0.3, 0.4) is 0 Å². The van der Waals surface area contributed by atoms with E-state index in [1.54, 1.807) is 0 Å². The molecule has 1 unspecified atom stereocenters. The monoisotopic (exact) mass is 227 g/mol. The van der Waals surface area contributed by atoms with E-state index >= 15 is 0 Å². The van der Waals surface area contributed by atoms with Gasteiger partial charge in [0.25, 0.3) is 0 Å². The molecule has 1 N–H and O–H groups in total. The molecule has 0 bridgehead atoms. The highest BCUT2D eigenvalue weighted by atomic mass is 79.9. The smallest absolute Gasteiger partial charge is 0.308 e. The van der Waals surface area contributed by atoms with Crippen molar-refractivity contribution < 1.29 is 8.78 Å². The van der Waals surface area contributed by atoms with E-state index in [-0.39, 0.29) is 12.6 Å². The Morgan fingerprint density at radius 1 is 1.64 bits per heavy atom. The normalized spacial score (nSPS) is 21.8. The third-order valence-electron chi connectivity index (χ3n) is 1.95. The number of alkyl halides is 3. The molecule has 0 saturated heterocycles. The lowest BCUT2D eigenvalue weighted by Gasteiger charge is -2.15. The first-order chi connectivity index (χ1) is 4.99. The summed E-state index contributed by atoms with van der Waals surface area (Å²) in [5.74, 6) is 0.629. The van der Waals surface area contributed by atoms with Gasteiger partial charge in [-0.15, -0.1) is 0 Å². The average Bonchev–Trinajstić information content (AvgIpc) is 2.61. The maximum absolute atomic E-state index is 12.2. The second-order valence-corrected chi connectivity index (χ2v) is 4.28. The molecule has 1 aliphatic rings. The topological polar surface area (TPSA) is 12.0 Å². The largest absolute Gasteiger partial charge is 0.313 e. The first kappa shape index (κ1) is 9.39. The molecule has 0 aromatic carbocycles. The van der Waals surface area contributed by atoms with E-state index in [0.29, 0.717) is 5.92 Å². The molecule has 1 atom stereocenters. The van der Waals surface area contributed by atoms with Gasteiger partial charge in [0.2, 0.25) is 0 Å². The second kappa shape index (κ2) is 3.35. The van der Waals surface area contributed by atoms with Gasteiger partial charge in [0, 0.05) is 6.04 Å². The van der Waals surface area contributed by atoms with Crippen LogP contribution in [-0.2, 0) is 0 Å². The molecule has 0 aliphatic heterocycles. The van der Waals surface area contributed by atoms with Gasteiger partial charge in [-0.25, -0.2) is 0 Å². The fourth-order valence-electron chi connectivity index (χ4n) is 1.04. The van der Waals surface area contributed by atoms with Crippen LogP contribution in [0.4, 0.5) is 8.78 Å². The Labute approximate surface area is 73.7 Å². The Bertz CT molecular complexity index is 131. The Hall–Kier alpha value is 0.300. The van der Waals surface area contributed by atoms with E-state index < -0.39 is 4.83 Å². The maximum atomic E-state index is 12.2. The number of rotatable bonds is 4. The maximum Gasteiger partial charge on any atom is 0.313 e. The number of halogens is 3. The van der Waals surface area contributed by atoms with Crippen LogP contribution >= 0.6 is 15.9 Å². The van der Waals surface area contributed by atoms with Crippen LogP contribution in [0, 0.1) is 5.92 Å². The van der Waals surface area contributed by atoms with Crippen LogP contribution in [0.1, 0.15) is 19.8 Å². The predicted molar refractivity (Wildman–Crippen MR) is 44.1 cm³/mol. The molecule has 0 aromatic rings. The lowest BCUT2D eigenvalue weighted by atomic mass is 10.2. The molecule has 1 nitrogen and oxygen atoms in total. The zero-order valence-electron chi connectivity index (χ0n) is 6.41. The first-order valence-corrected chi connectivity index (χ1v) is 4.58. The molecular weight excluding hydrogens is 216 g/mol. The molecule has 0 aromatic heterocycles. The molecule has 0 heterocycles. The van der Waals surface area contributed by atoms with E-state index in [9.17, 15) is 8.78 Å². The molecule has 0 spiro atoms. The average molecular weight is 228 g/mol. The molecule has 1 rings (SSSR count). The highest BCUT2D eigenvalue weighted by molar-refractivity contribution is 9.10. The summed E-state index contributed by atoms with van der Waals surface area (Å²) in [5.41, 5.74) is 0. The van der Waals surface area contributed by atoms with E-state index in [1.807, 2.05) is 6.92 Å². The van der Waals surface area contributed by atoms with Gasteiger partial charge >= 0.3 is 4.83 Å². The fourth-order valence-corrected chi connectivity index (χ4v) is 1.20. The van der Waals surface area contributed by atoms with E-state index in [2.05, 4.69) is 21.2 Å². The summed E-state index contributed by atoms with van der Waals surface area (Å²) in [6, 6.07) is 0.235. The van der Waals surface area contributed by atoms with Crippen LogP contribution in [0.15, 0.2) is 0 Å². The predicted octanol–water partition coefficient (Wildman–Crippen LogP) is 2.36. The molecule has 0 radical (unpaired) electrons. The minimum atomic E-state index is -2.75. The molecule has 1 aliphatic carbocycles. The summed E-state index contributed by atoms with van der Waals surface area (Å²) >= 11 is 2.28. The summed E-state index contributed by atoms with van der Waals surface area (Å²) in [7, 11) is 0. The van der Waals surface area contributed by atoms with Crippen molar-refractivity contribution in [3.05, 3.63) is 0 Å². The van der Waals surface area contributed by atoms with Gasteiger partial charge in [-0.1, -0.05) is 0 Å². The molecule has 11 heavy (non-hydrogen) atoms.